The van der Waals surface area contributed by atoms with E-state index in [2.05, 4.69) is 4.98 Å². The zero-order valence-electron chi connectivity index (χ0n) is 10.1. The number of anilines is 1. The Morgan fingerprint density at radius 1 is 1.22 bits per heavy atom. The number of nitrogens with two attached hydrogens (primary N) is 1. The van der Waals surface area contributed by atoms with Gasteiger partial charge in [0.05, 0.1) is 17.8 Å². The molecule has 4 nitrogen and oxygen atoms in total. The molecule has 0 amide bonds. The van der Waals surface area contributed by atoms with Crippen LogP contribution in [0.2, 0.25) is 5.02 Å². The molecule has 0 aliphatic rings. The van der Waals surface area contributed by atoms with Crippen molar-refractivity contribution >= 4 is 17.3 Å². The first-order chi connectivity index (χ1) is 8.60. The van der Waals surface area contributed by atoms with Gasteiger partial charge >= 0.3 is 0 Å². The summed E-state index contributed by atoms with van der Waals surface area (Å²) in [5.74, 6) is 1.50. The van der Waals surface area contributed by atoms with E-state index in [-0.39, 0.29) is 0 Å². The average Bonchev–Trinajstić information content (AvgIpc) is 2.34. The quantitative estimate of drug-likeness (QED) is 0.923. The van der Waals surface area contributed by atoms with Gasteiger partial charge in [-0.3, -0.25) is 0 Å². The van der Waals surface area contributed by atoms with Gasteiger partial charge in [0.2, 0.25) is 5.88 Å². The minimum Gasteiger partial charge on any atom is -0.493 e. The highest BCUT2D eigenvalue weighted by Gasteiger charge is 2.09. The van der Waals surface area contributed by atoms with Gasteiger partial charge in [0.25, 0.3) is 0 Å². The number of aromatic nitrogens is 1. The normalized spacial score (nSPS) is 10.2. The molecule has 0 radical (unpaired) electrons. The molecule has 5 heteroatoms. The van der Waals surface area contributed by atoms with Gasteiger partial charge in [-0.25, -0.2) is 4.98 Å². The van der Waals surface area contributed by atoms with Crippen LogP contribution in [0.4, 0.5) is 5.69 Å². The minimum atomic E-state index is 0.307. The number of hydrogen-bond acceptors (Lipinski definition) is 4. The number of hydrogen-bond donors (Lipinski definition) is 1. The fourth-order valence-corrected chi connectivity index (χ4v) is 1.66. The maximum absolute atomic E-state index is 5.78. The zero-order chi connectivity index (χ0) is 13.1. The summed E-state index contributed by atoms with van der Waals surface area (Å²) in [4.78, 5) is 4.04. The van der Waals surface area contributed by atoms with Crippen molar-refractivity contribution in [2.75, 3.05) is 12.8 Å². The second-order valence-corrected chi connectivity index (χ2v) is 4.24. The van der Waals surface area contributed by atoms with Gasteiger partial charge in [0.1, 0.15) is 0 Å². The third-order valence-electron chi connectivity index (χ3n) is 2.37. The summed E-state index contributed by atoms with van der Waals surface area (Å²) >= 11 is 5.78. The lowest BCUT2D eigenvalue weighted by molar-refractivity contribution is 0.374. The minimum absolute atomic E-state index is 0.307. The summed E-state index contributed by atoms with van der Waals surface area (Å²) in [6.07, 6.45) is 1.48. The van der Waals surface area contributed by atoms with E-state index in [9.17, 15) is 0 Å². The molecule has 0 aliphatic heterocycles. The number of methoxy groups -OCH3 is 1. The van der Waals surface area contributed by atoms with Gasteiger partial charge in [-0.15, -0.1) is 0 Å². The number of pyridine rings is 1. The Hall–Kier alpha value is -1.94. The van der Waals surface area contributed by atoms with Crippen LogP contribution in [0.1, 0.15) is 5.56 Å². The Morgan fingerprint density at radius 2 is 2.00 bits per heavy atom. The van der Waals surface area contributed by atoms with Crippen LogP contribution in [0.5, 0.6) is 17.4 Å². The molecular weight excluding hydrogens is 252 g/mol. The molecule has 0 spiro atoms. The highest BCUT2D eigenvalue weighted by atomic mass is 35.5. The molecule has 0 aliphatic carbocycles. The van der Waals surface area contributed by atoms with Crippen molar-refractivity contribution in [1.29, 1.82) is 0 Å². The molecule has 0 saturated heterocycles. The number of ether oxygens (including phenoxy) is 2. The lowest BCUT2D eigenvalue weighted by atomic mass is 10.2. The van der Waals surface area contributed by atoms with E-state index < -0.39 is 0 Å². The van der Waals surface area contributed by atoms with Crippen molar-refractivity contribution in [1.82, 2.24) is 4.98 Å². The number of nitrogens with zero attached hydrogens (tertiary/aromatic N) is 1. The summed E-state index contributed by atoms with van der Waals surface area (Å²) in [6, 6.07) is 7.19. The van der Waals surface area contributed by atoms with Crippen LogP contribution in [0, 0.1) is 6.92 Å². The Kier molecular flexibility index (Phi) is 3.58. The van der Waals surface area contributed by atoms with Crippen LogP contribution in [0.25, 0.3) is 0 Å². The molecule has 0 saturated carbocycles. The summed E-state index contributed by atoms with van der Waals surface area (Å²) in [5.41, 5.74) is 7.24. The maximum atomic E-state index is 5.78. The Bertz CT molecular complexity index is 573. The fraction of sp³-hybridized carbons (Fsp3) is 0.154. The second-order valence-electron chi connectivity index (χ2n) is 3.80. The molecule has 0 atom stereocenters. The third-order valence-corrected chi connectivity index (χ3v) is 2.58. The second kappa shape index (κ2) is 5.14. The maximum Gasteiger partial charge on any atom is 0.242 e. The van der Waals surface area contributed by atoms with Gasteiger partial charge in [0.15, 0.2) is 11.5 Å². The Labute approximate surface area is 110 Å². The van der Waals surface area contributed by atoms with Gasteiger partial charge < -0.3 is 15.2 Å². The largest absolute Gasteiger partial charge is 0.493 e. The number of benzene rings is 1. The Morgan fingerprint density at radius 3 is 2.67 bits per heavy atom. The molecule has 18 heavy (non-hydrogen) atoms. The number of nitrogen functional groups attached to an aromatic ring is 1. The zero-order valence-corrected chi connectivity index (χ0v) is 10.9. The van der Waals surface area contributed by atoms with Crippen LogP contribution in [0.15, 0.2) is 30.5 Å². The van der Waals surface area contributed by atoms with Crippen LogP contribution >= 0.6 is 11.6 Å². The Balaban J connectivity index is 2.33. The first kappa shape index (κ1) is 12.5. The third kappa shape index (κ3) is 2.65. The number of rotatable bonds is 3. The molecule has 0 unspecified atom stereocenters. The smallest absolute Gasteiger partial charge is 0.242 e. The van der Waals surface area contributed by atoms with Crippen LogP contribution < -0.4 is 15.2 Å². The topological polar surface area (TPSA) is 57.4 Å². The molecule has 0 fully saturated rings. The molecule has 2 N–H and O–H groups in total. The summed E-state index contributed by atoms with van der Waals surface area (Å²) in [5, 5.41) is 0.468. The lowest BCUT2D eigenvalue weighted by Gasteiger charge is -2.11. The standard InChI is InChI=1S/C13H13ClN2O2/c1-8-3-4-11(12(5-8)17-2)18-13-10(15)6-9(14)7-16-13/h3-7H,15H2,1-2H3. The van der Waals surface area contributed by atoms with E-state index in [1.165, 1.54) is 6.20 Å². The lowest BCUT2D eigenvalue weighted by Crippen LogP contribution is -1.96. The monoisotopic (exact) mass is 264 g/mol. The molecule has 2 rings (SSSR count). The highest BCUT2D eigenvalue weighted by molar-refractivity contribution is 6.30. The molecule has 94 valence electrons. The SMILES string of the molecule is COc1cc(C)ccc1Oc1ncc(Cl)cc1N. The summed E-state index contributed by atoms with van der Waals surface area (Å²) < 4.78 is 10.9. The fourth-order valence-electron chi connectivity index (χ4n) is 1.49. The van der Waals surface area contributed by atoms with Crippen molar-refractivity contribution in [3.8, 4) is 17.4 Å². The van der Waals surface area contributed by atoms with E-state index in [4.69, 9.17) is 26.8 Å². The van der Waals surface area contributed by atoms with Gasteiger partial charge in [-0.2, -0.15) is 0 Å². The van der Waals surface area contributed by atoms with Gasteiger partial charge in [0, 0.05) is 6.20 Å². The number of aryl methyl sites for hydroxylation is 1. The van der Waals surface area contributed by atoms with E-state index >= 15 is 0 Å². The van der Waals surface area contributed by atoms with Crippen LogP contribution in [-0.2, 0) is 0 Å². The highest BCUT2D eigenvalue weighted by Crippen LogP contribution is 2.34. The van der Waals surface area contributed by atoms with Crippen molar-refractivity contribution < 1.29 is 9.47 Å². The molecule has 0 bridgehead atoms. The molecule has 1 aromatic carbocycles. The van der Waals surface area contributed by atoms with E-state index in [1.54, 1.807) is 13.2 Å². The predicted molar refractivity (Wildman–Crippen MR) is 71.5 cm³/mol. The molecule has 2 aromatic rings. The van der Waals surface area contributed by atoms with Crippen LogP contribution in [0.3, 0.4) is 0 Å². The van der Waals surface area contributed by atoms with Gasteiger partial charge in [-0.1, -0.05) is 17.7 Å². The van der Waals surface area contributed by atoms with Gasteiger partial charge in [-0.05, 0) is 30.7 Å². The molecule has 1 heterocycles. The summed E-state index contributed by atoms with van der Waals surface area (Å²) in [7, 11) is 1.58. The van der Waals surface area contributed by atoms with E-state index in [1.807, 2.05) is 25.1 Å². The summed E-state index contributed by atoms with van der Waals surface area (Å²) in [6.45, 7) is 1.97. The molecule has 1 aromatic heterocycles. The first-order valence-corrected chi connectivity index (χ1v) is 5.71. The molecular formula is C13H13ClN2O2. The van der Waals surface area contributed by atoms with E-state index in [0.717, 1.165) is 5.56 Å². The van der Waals surface area contributed by atoms with Crippen molar-refractivity contribution in [3.05, 3.63) is 41.0 Å². The average molecular weight is 265 g/mol. The first-order valence-electron chi connectivity index (χ1n) is 5.33. The van der Waals surface area contributed by atoms with Crippen molar-refractivity contribution in [3.63, 3.8) is 0 Å². The van der Waals surface area contributed by atoms with E-state index in [0.29, 0.717) is 28.1 Å². The van der Waals surface area contributed by atoms with Crippen molar-refractivity contribution in [2.45, 2.75) is 6.92 Å². The number of halogens is 1. The van der Waals surface area contributed by atoms with Crippen molar-refractivity contribution in [2.24, 2.45) is 0 Å². The predicted octanol–water partition coefficient (Wildman–Crippen LogP) is 3.43. The van der Waals surface area contributed by atoms with Crippen LogP contribution in [-0.4, -0.2) is 12.1 Å².